The third-order valence-electron chi connectivity index (χ3n) is 3.33. The highest BCUT2D eigenvalue weighted by atomic mass is 28.2. The molecule has 2 aromatic rings. The fourth-order valence-electron chi connectivity index (χ4n) is 2.21. The van der Waals surface area contributed by atoms with Gasteiger partial charge in [-0.2, -0.15) is 0 Å². The molecule has 0 aromatic heterocycles. The van der Waals surface area contributed by atoms with E-state index >= 15 is 0 Å². The van der Waals surface area contributed by atoms with Gasteiger partial charge < -0.3 is 9.83 Å². The fraction of sp³-hybridized carbons (Fsp3) is 0.200. The van der Waals surface area contributed by atoms with Crippen LogP contribution in [0.3, 0.4) is 0 Å². The lowest BCUT2D eigenvalue weighted by Gasteiger charge is -2.30. The van der Waals surface area contributed by atoms with Gasteiger partial charge in [0.25, 0.3) is 0 Å². The van der Waals surface area contributed by atoms with E-state index in [1.165, 1.54) is 11.1 Å². The largest absolute Gasteiger partial charge is 0.408 e. The monoisotopic (exact) mass is 257 g/mol. The van der Waals surface area contributed by atoms with E-state index in [0.717, 1.165) is 0 Å². The summed E-state index contributed by atoms with van der Waals surface area (Å²) < 4.78 is 5.62. The van der Waals surface area contributed by atoms with E-state index in [1.54, 1.807) is 0 Å². The van der Waals surface area contributed by atoms with Gasteiger partial charge in [-0.15, -0.1) is 0 Å². The molecule has 0 aliphatic heterocycles. The molecular formula is C15H19NOSi. The number of hydrogen-bond donors (Lipinski definition) is 1. The first kappa shape index (κ1) is 13.0. The molecule has 2 aromatic carbocycles. The molecule has 3 heteroatoms. The molecule has 0 bridgehead atoms. The fourth-order valence-corrected chi connectivity index (χ4v) is 2.73. The van der Waals surface area contributed by atoms with Crippen molar-refractivity contribution < 1.29 is 4.43 Å². The first-order valence-corrected chi connectivity index (χ1v) is 7.55. The molecule has 0 aliphatic rings. The number of nitrogens with two attached hydrogens (primary N) is 1. The summed E-state index contributed by atoms with van der Waals surface area (Å²) in [5, 5.41) is 5.61. The van der Waals surface area contributed by atoms with Crippen LogP contribution in [0.1, 0.15) is 18.1 Å². The number of hydrogen-bond acceptors (Lipinski definition) is 2. The Morgan fingerprint density at radius 3 is 1.78 bits per heavy atom. The van der Waals surface area contributed by atoms with Gasteiger partial charge in [-0.05, 0) is 18.1 Å². The summed E-state index contributed by atoms with van der Waals surface area (Å²) in [7, 11) is -0.876. The van der Waals surface area contributed by atoms with Crippen molar-refractivity contribution in [2.45, 2.75) is 12.3 Å². The maximum absolute atomic E-state index is 5.62. The zero-order valence-electron chi connectivity index (χ0n) is 10.7. The van der Waals surface area contributed by atoms with Crippen molar-refractivity contribution in [3.63, 3.8) is 0 Å². The maximum atomic E-state index is 5.62. The molecule has 0 aliphatic carbocycles. The average Bonchev–Trinajstić information content (AvgIpc) is 2.46. The van der Waals surface area contributed by atoms with Crippen LogP contribution in [-0.2, 0) is 9.84 Å². The molecule has 0 fully saturated rings. The van der Waals surface area contributed by atoms with Crippen molar-refractivity contribution in [2.24, 2.45) is 5.40 Å². The van der Waals surface area contributed by atoms with E-state index < -0.39 is 9.92 Å². The van der Waals surface area contributed by atoms with Gasteiger partial charge in [-0.3, -0.25) is 0 Å². The Morgan fingerprint density at radius 1 is 0.944 bits per heavy atom. The Morgan fingerprint density at radius 2 is 1.39 bits per heavy atom. The van der Waals surface area contributed by atoms with Gasteiger partial charge in [0.1, 0.15) is 0 Å². The highest BCUT2D eigenvalue weighted by Crippen LogP contribution is 2.31. The predicted octanol–water partition coefficient (Wildman–Crippen LogP) is 1.97. The van der Waals surface area contributed by atoms with Crippen LogP contribution in [0.15, 0.2) is 60.7 Å². The summed E-state index contributed by atoms with van der Waals surface area (Å²) in [6, 6.07) is 20.9. The van der Waals surface area contributed by atoms with Gasteiger partial charge >= 0.3 is 0 Å². The zero-order chi connectivity index (χ0) is 12.8. The second-order valence-corrected chi connectivity index (χ2v) is 5.32. The van der Waals surface area contributed by atoms with Crippen molar-refractivity contribution in [3.05, 3.63) is 71.8 Å². The summed E-state index contributed by atoms with van der Waals surface area (Å²) in [4.78, 5) is 0. The minimum Gasteiger partial charge on any atom is -0.408 e. The molecule has 0 saturated carbocycles. The van der Waals surface area contributed by atoms with E-state index in [-0.39, 0.29) is 5.41 Å². The van der Waals surface area contributed by atoms with Gasteiger partial charge in [0.2, 0.25) is 9.92 Å². The van der Waals surface area contributed by atoms with E-state index in [9.17, 15) is 0 Å². The minimum atomic E-state index is -0.876. The summed E-state index contributed by atoms with van der Waals surface area (Å²) in [5.74, 6) is 0. The summed E-state index contributed by atoms with van der Waals surface area (Å²) in [6.45, 7) is 2.85. The first-order valence-electron chi connectivity index (χ1n) is 6.16. The van der Waals surface area contributed by atoms with Crippen molar-refractivity contribution in [1.29, 1.82) is 0 Å². The second-order valence-electron chi connectivity index (χ2n) is 4.58. The second kappa shape index (κ2) is 5.95. The molecule has 94 valence electrons. The van der Waals surface area contributed by atoms with Crippen LogP contribution in [-0.4, -0.2) is 16.5 Å². The van der Waals surface area contributed by atoms with Gasteiger partial charge in [0.15, 0.2) is 0 Å². The van der Waals surface area contributed by atoms with E-state index in [0.29, 0.717) is 6.61 Å². The zero-order valence-corrected chi connectivity index (χ0v) is 12.1. The quantitative estimate of drug-likeness (QED) is 0.831. The van der Waals surface area contributed by atoms with Crippen molar-refractivity contribution in [1.82, 2.24) is 0 Å². The average molecular weight is 257 g/mol. The lowest BCUT2D eigenvalue weighted by Crippen LogP contribution is -2.31. The molecule has 0 atom stereocenters. The van der Waals surface area contributed by atoms with Crippen LogP contribution < -0.4 is 5.40 Å². The van der Waals surface area contributed by atoms with Crippen LogP contribution in [0, 0.1) is 0 Å². The molecular weight excluding hydrogens is 238 g/mol. The molecule has 18 heavy (non-hydrogen) atoms. The molecule has 2 nitrogen and oxygen atoms in total. The normalized spacial score (nSPS) is 12.1. The van der Waals surface area contributed by atoms with Gasteiger partial charge in [-0.1, -0.05) is 60.7 Å². The maximum Gasteiger partial charge on any atom is 0.233 e. The highest BCUT2D eigenvalue weighted by Gasteiger charge is 2.28. The lowest BCUT2D eigenvalue weighted by atomic mass is 9.77. The van der Waals surface area contributed by atoms with Crippen molar-refractivity contribution >= 4 is 9.92 Å². The Bertz CT molecular complexity index is 433. The van der Waals surface area contributed by atoms with Crippen LogP contribution in [0.5, 0.6) is 0 Å². The van der Waals surface area contributed by atoms with E-state index in [1.807, 2.05) is 12.1 Å². The lowest BCUT2D eigenvalue weighted by molar-refractivity contribution is 0.266. The Kier molecular flexibility index (Phi) is 4.31. The van der Waals surface area contributed by atoms with Crippen LogP contribution in [0.25, 0.3) is 0 Å². The topological polar surface area (TPSA) is 35.2 Å². The third-order valence-corrected chi connectivity index (χ3v) is 3.77. The molecule has 2 N–H and O–H groups in total. The standard InChI is InChI=1S/C15H19NOSi/c1-15(12-17-18-16,13-8-4-2-5-9-13)14-10-6-3-7-11-14/h2-11H,12,16,18H2,1H3. The highest BCUT2D eigenvalue weighted by molar-refractivity contribution is 6.22. The first-order chi connectivity index (χ1) is 8.77. The Balaban J connectivity index is 2.41. The molecule has 0 heterocycles. The molecule has 0 spiro atoms. The van der Waals surface area contributed by atoms with Crippen LogP contribution in [0.2, 0.25) is 0 Å². The molecule has 0 radical (unpaired) electrons. The van der Waals surface area contributed by atoms with Crippen molar-refractivity contribution in [2.75, 3.05) is 6.61 Å². The SMILES string of the molecule is CC(CO[SiH2]N)(c1ccccc1)c1ccccc1. The molecule has 0 saturated heterocycles. The van der Waals surface area contributed by atoms with E-state index in [4.69, 9.17) is 9.83 Å². The van der Waals surface area contributed by atoms with Crippen LogP contribution in [0.4, 0.5) is 0 Å². The van der Waals surface area contributed by atoms with Gasteiger partial charge in [-0.25, -0.2) is 0 Å². The Labute approximate surface area is 111 Å². The molecule has 2 rings (SSSR count). The predicted molar refractivity (Wildman–Crippen MR) is 78.0 cm³/mol. The van der Waals surface area contributed by atoms with E-state index in [2.05, 4.69) is 55.5 Å². The van der Waals surface area contributed by atoms with Gasteiger partial charge in [0, 0.05) is 12.0 Å². The summed E-state index contributed by atoms with van der Waals surface area (Å²) in [5.41, 5.74) is 2.40. The smallest absolute Gasteiger partial charge is 0.233 e. The number of rotatable bonds is 5. The molecule has 0 unspecified atom stereocenters. The number of benzene rings is 2. The summed E-state index contributed by atoms with van der Waals surface area (Å²) >= 11 is 0. The van der Waals surface area contributed by atoms with Crippen LogP contribution >= 0.6 is 0 Å². The summed E-state index contributed by atoms with van der Waals surface area (Å²) in [6.07, 6.45) is 0. The molecule has 0 amide bonds. The van der Waals surface area contributed by atoms with Crippen molar-refractivity contribution in [3.8, 4) is 0 Å². The Hall–Kier alpha value is -1.42. The third kappa shape index (κ3) is 2.69. The van der Waals surface area contributed by atoms with Gasteiger partial charge in [0.05, 0.1) is 0 Å². The minimum absolute atomic E-state index is 0.130.